The van der Waals surface area contributed by atoms with E-state index in [2.05, 4.69) is 6.92 Å². The first-order chi connectivity index (χ1) is 7.07. The minimum Gasteiger partial charge on any atom is -0.481 e. The van der Waals surface area contributed by atoms with E-state index in [1.165, 1.54) is 19.3 Å². The van der Waals surface area contributed by atoms with Gasteiger partial charge in [-0.2, -0.15) is 0 Å². The summed E-state index contributed by atoms with van der Waals surface area (Å²) in [7, 11) is 0. The zero-order chi connectivity index (χ0) is 11.7. The number of carbonyl (C=O) groups is 2. The summed E-state index contributed by atoms with van der Waals surface area (Å²) in [6.07, 6.45) is 6.09. The van der Waals surface area contributed by atoms with Gasteiger partial charge in [-0.05, 0) is 6.42 Å². The monoisotopic (exact) mass is 214 g/mol. The Morgan fingerprint density at radius 1 is 1.13 bits per heavy atom. The molecule has 1 atom stereocenters. The van der Waals surface area contributed by atoms with Crippen LogP contribution < -0.4 is 0 Å². The summed E-state index contributed by atoms with van der Waals surface area (Å²) in [5, 5.41) is 8.52. The van der Waals surface area contributed by atoms with E-state index in [-0.39, 0.29) is 18.1 Å². The summed E-state index contributed by atoms with van der Waals surface area (Å²) in [5.41, 5.74) is 0. The van der Waals surface area contributed by atoms with Gasteiger partial charge in [0.15, 0.2) is 0 Å². The molecule has 1 unspecified atom stereocenters. The van der Waals surface area contributed by atoms with Crippen LogP contribution >= 0.6 is 0 Å². The second-order valence-corrected chi connectivity index (χ2v) is 4.13. The van der Waals surface area contributed by atoms with Crippen LogP contribution in [-0.2, 0) is 9.59 Å². The lowest BCUT2D eigenvalue weighted by Gasteiger charge is -2.06. The van der Waals surface area contributed by atoms with Crippen molar-refractivity contribution in [1.29, 1.82) is 0 Å². The number of rotatable bonds is 9. The topological polar surface area (TPSA) is 54.4 Å². The van der Waals surface area contributed by atoms with E-state index in [0.717, 1.165) is 12.8 Å². The molecule has 1 N–H and O–H groups in total. The van der Waals surface area contributed by atoms with Gasteiger partial charge in [-0.25, -0.2) is 0 Å². The van der Waals surface area contributed by atoms with Gasteiger partial charge in [-0.1, -0.05) is 39.5 Å². The third kappa shape index (κ3) is 8.16. The zero-order valence-corrected chi connectivity index (χ0v) is 9.79. The highest BCUT2D eigenvalue weighted by atomic mass is 16.4. The van der Waals surface area contributed by atoms with E-state index in [1.54, 1.807) is 6.92 Å². The SMILES string of the molecule is CCCCCCCC(=O)C(C)CC(=O)O. The Hall–Kier alpha value is -0.860. The second-order valence-electron chi connectivity index (χ2n) is 4.13. The number of unbranched alkanes of at least 4 members (excludes halogenated alkanes) is 4. The molecule has 0 aliphatic carbocycles. The summed E-state index contributed by atoms with van der Waals surface area (Å²) in [6.45, 7) is 3.85. The van der Waals surface area contributed by atoms with Crippen molar-refractivity contribution in [2.75, 3.05) is 0 Å². The van der Waals surface area contributed by atoms with Crippen molar-refractivity contribution in [1.82, 2.24) is 0 Å². The lowest BCUT2D eigenvalue weighted by Crippen LogP contribution is -2.14. The van der Waals surface area contributed by atoms with E-state index in [1.807, 2.05) is 0 Å². The van der Waals surface area contributed by atoms with Crippen molar-refractivity contribution in [2.45, 2.75) is 58.8 Å². The fourth-order valence-electron chi connectivity index (χ4n) is 1.52. The second kappa shape index (κ2) is 8.45. The highest BCUT2D eigenvalue weighted by Gasteiger charge is 2.15. The number of carbonyl (C=O) groups excluding carboxylic acids is 1. The molecule has 0 amide bonds. The molecule has 88 valence electrons. The first kappa shape index (κ1) is 14.1. The van der Waals surface area contributed by atoms with E-state index >= 15 is 0 Å². The van der Waals surface area contributed by atoms with Crippen molar-refractivity contribution < 1.29 is 14.7 Å². The zero-order valence-electron chi connectivity index (χ0n) is 9.79. The number of carboxylic acids is 1. The molecule has 0 aliphatic rings. The quantitative estimate of drug-likeness (QED) is 0.600. The molecule has 3 heteroatoms. The smallest absolute Gasteiger partial charge is 0.304 e. The molecule has 0 spiro atoms. The third-order valence-corrected chi connectivity index (χ3v) is 2.56. The summed E-state index contributed by atoms with van der Waals surface area (Å²) >= 11 is 0. The normalized spacial score (nSPS) is 12.4. The first-order valence-corrected chi connectivity index (χ1v) is 5.82. The molecule has 15 heavy (non-hydrogen) atoms. The molecule has 0 aliphatic heterocycles. The predicted octanol–water partition coefficient (Wildman–Crippen LogP) is 3.03. The number of hydrogen-bond donors (Lipinski definition) is 1. The van der Waals surface area contributed by atoms with Crippen molar-refractivity contribution in [3.8, 4) is 0 Å². The molecule has 0 saturated carbocycles. The Balaban J connectivity index is 3.51. The van der Waals surface area contributed by atoms with E-state index < -0.39 is 5.97 Å². The van der Waals surface area contributed by atoms with Gasteiger partial charge in [0, 0.05) is 12.3 Å². The molecule has 0 aromatic carbocycles. The summed E-state index contributed by atoms with van der Waals surface area (Å²) in [4.78, 5) is 21.8. The summed E-state index contributed by atoms with van der Waals surface area (Å²) < 4.78 is 0. The lowest BCUT2D eigenvalue weighted by molar-refractivity contribution is -0.140. The van der Waals surface area contributed by atoms with Gasteiger partial charge in [-0.15, -0.1) is 0 Å². The van der Waals surface area contributed by atoms with Gasteiger partial charge in [0.2, 0.25) is 0 Å². The third-order valence-electron chi connectivity index (χ3n) is 2.56. The Morgan fingerprint density at radius 2 is 1.73 bits per heavy atom. The average Bonchev–Trinajstić information content (AvgIpc) is 2.16. The number of carboxylic acid groups (broad SMARTS) is 1. The Kier molecular flexibility index (Phi) is 7.96. The molecular formula is C12H22O3. The molecule has 0 saturated heterocycles. The maximum absolute atomic E-state index is 11.4. The van der Waals surface area contributed by atoms with Crippen molar-refractivity contribution in [2.24, 2.45) is 5.92 Å². The first-order valence-electron chi connectivity index (χ1n) is 5.82. The van der Waals surface area contributed by atoms with Gasteiger partial charge in [-0.3, -0.25) is 9.59 Å². The van der Waals surface area contributed by atoms with Crippen molar-refractivity contribution in [3.05, 3.63) is 0 Å². The molecule has 0 radical (unpaired) electrons. The summed E-state index contributed by atoms with van der Waals surface area (Å²) in [5.74, 6) is -1.12. The fraction of sp³-hybridized carbons (Fsp3) is 0.833. The Bertz CT molecular complexity index is 199. The molecule has 0 aromatic rings. The molecule has 0 aromatic heterocycles. The van der Waals surface area contributed by atoms with E-state index in [0.29, 0.717) is 6.42 Å². The largest absolute Gasteiger partial charge is 0.481 e. The van der Waals surface area contributed by atoms with Crippen LogP contribution in [0, 0.1) is 5.92 Å². The van der Waals surface area contributed by atoms with Gasteiger partial charge in [0.05, 0.1) is 6.42 Å². The van der Waals surface area contributed by atoms with Crippen LogP contribution in [0.15, 0.2) is 0 Å². The van der Waals surface area contributed by atoms with Crippen LogP contribution in [0.4, 0.5) is 0 Å². The highest BCUT2D eigenvalue weighted by Crippen LogP contribution is 2.11. The van der Waals surface area contributed by atoms with Crippen LogP contribution in [0.5, 0.6) is 0 Å². The van der Waals surface area contributed by atoms with Crippen molar-refractivity contribution >= 4 is 11.8 Å². The van der Waals surface area contributed by atoms with E-state index in [9.17, 15) is 9.59 Å². The number of aliphatic carboxylic acids is 1. The predicted molar refractivity (Wildman–Crippen MR) is 59.8 cm³/mol. The van der Waals surface area contributed by atoms with Gasteiger partial charge < -0.3 is 5.11 Å². The average molecular weight is 214 g/mol. The van der Waals surface area contributed by atoms with E-state index in [4.69, 9.17) is 5.11 Å². The van der Waals surface area contributed by atoms with Crippen LogP contribution in [-0.4, -0.2) is 16.9 Å². The lowest BCUT2D eigenvalue weighted by atomic mass is 9.97. The Labute approximate surface area is 91.9 Å². The molecule has 3 nitrogen and oxygen atoms in total. The van der Waals surface area contributed by atoms with Gasteiger partial charge in [0.1, 0.15) is 5.78 Å². The molecule has 0 heterocycles. The molecule has 0 rings (SSSR count). The highest BCUT2D eigenvalue weighted by molar-refractivity contribution is 5.84. The van der Waals surface area contributed by atoms with Crippen LogP contribution in [0.2, 0.25) is 0 Å². The number of Topliss-reactive ketones (excluding diaryl/α,β-unsaturated/α-hetero) is 1. The number of hydrogen-bond acceptors (Lipinski definition) is 2. The van der Waals surface area contributed by atoms with Crippen LogP contribution in [0.3, 0.4) is 0 Å². The minimum absolute atomic E-state index is 0.0339. The van der Waals surface area contributed by atoms with Gasteiger partial charge >= 0.3 is 5.97 Å². The van der Waals surface area contributed by atoms with Crippen LogP contribution in [0.25, 0.3) is 0 Å². The minimum atomic E-state index is -0.887. The molecule has 0 fully saturated rings. The molecular weight excluding hydrogens is 192 g/mol. The van der Waals surface area contributed by atoms with Crippen molar-refractivity contribution in [3.63, 3.8) is 0 Å². The standard InChI is InChI=1S/C12H22O3/c1-3-4-5-6-7-8-11(13)10(2)9-12(14)15/h10H,3-9H2,1-2H3,(H,14,15). The molecule has 0 bridgehead atoms. The van der Waals surface area contributed by atoms with Crippen LogP contribution in [0.1, 0.15) is 58.8 Å². The maximum Gasteiger partial charge on any atom is 0.304 e. The van der Waals surface area contributed by atoms with Gasteiger partial charge in [0.25, 0.3) is 0 Å². The summed E-state index contributed by atoms with van der Waals surface area (Å²) in [6, 6.07) is 0. The maximum atomic E-state index is 11.4. The fourth-order valence-corrected chi connectivity index (χ4v) is 1.52. The number of ketones is 1. The Morgan fingerprint density at radius 3 is 2.27 bits per heavy atom.